The first kappa shape index (κ1) is 47.5. The van der Waals surface area contributed by atoms with Crippen LogP contribution in [-0.4, -0.2) is 70.0 Å². The maximum Gasteiger partial charge on any atom is 0.306 e. The smallest absolute Gasteiger partial charge is 0.306 e. The summed E-state index contributed by atoms with van der Waals surface area (Å²) in [6, 6.07) is 0. The number of carbonyl (C=O) groups excluding carboxylic acids is 2. The maximum atomic E-state index is 12.5. The molecule has 0 aliphatic carbocycles. The van der Waals surface area contributed by atoms with E-state index in [0.717, 1.165) is 38.5 Å². The minimum Gasteiger partial charge on any atom is -0.756 e. The first-order chi connectivity index (χ1) is 23.5. The Hall–Kier alpha value is -1.51. The van der Waals surface area contributed by atoms with Crippen molar-refractivity contribution in [2.45, 2.75) is 168 Å². The number of unbranched alkanes of at least 4 members (excludes halogenated alkanes) is 17. The lowest BCUT2D eigenvalue weighted by Crippen LogP contribution is -2.37. The number of ether oxygens (including phenoxy) is 2. The Labute approximate surface area is 300 Å². The standard InChI is InChI=1S/C39H74NO8P/c1-6-8-10-12-14-16-17-18-19-20-21-22-23-24-26-27-29-31-38(41)45-35-37(36-47-49(43,44)46-34-33-40(3,4)5)48-39(42)32-30-28-25-15-13-11-9-7-2/h21-22,24,26,37H,6-20,23,25,27-36H2,1-5H3/b22-21+,26-24+/t37-/m0/s1. The lowest BCUT2D eigenvalue weighted by molar-refractivity contribution is -0.870. The molecule has 0 fully saturated rings. The van der Waals surface area contributed by atoms with Crippen molar-refractivity contribution >= 4 is 19.8 Å². The van der Waals surface area contributed by atoms with Gasteiger partial charge in [0.2, 0.25) is 0 Å². The van der Waals surface area contributed by atoms with E-state index in [1.165, 1.54) is 83.5 Å². The van der Waals surface area contributed by atoms with E-state index in [0.29, 0.717) is 23.9 Å². The van der Waals surface area contributed by atoms with Gasteiger partial charge in [0.05, 0.1) is 27.7 Å². The number of quaternary nitrogens is 1. The summed E-state index contributed by atoms with van der Waals surface area (Å²) >= 11 is 0. The number of phosphoric acid groups is 1. The molecule has 0 bridgehead atoms. The van der Waals surface area contributed by atoms with Gasteiger partial charge in [-0.2, -0.15) is 0 Å². The molecule has 1 unspecified atom stereocenters. The lowest BCUT2D eigenvalue weighted by Gasteiger charge is -2.28. The molecular formula is C39H74NO8P. The van der Waals surface area contributed by atoms with Gasteiger partial charge in [-0.25, -0.2) is 0 Å². The zero-order valence-corrected chi connectivity index (χ0v) is 33.0. The molecule has 0 saturated carbocycles. The average molecular weight is 716 g/mol. The highest BCUT2D eigenvalue weighted by atomic mass is 31.2. The highest BCUT2D eigenvalue weighted by Gasteiger charge is 2.21. The molecule has 0 saturated heterocycles. The average Bonchev–Trinajstić information content (AvgIpc) is 3.04. The van der Waals surface area contributed by atoms with E-state index in [2.05, 4.69) is 38.2 Å². The van der Waals surface area contributed by atoms with Crippen molar-refractivity contribution in [3.05, 3.63) is 24.3 Å². The van der Waals surface area contributed by atoms with E-state index in [1.807, 2.05) is 21.1 Å². The molecular weight excluding hydrogens is 641 g/mol. The summed E-state index contributed by atoms with van der Waals surface area (Å²) in [7, 11) is 1.15. The summed E-state index contributed by atoms with van der Waals surface area (Å²) in [5.74, 6) is -0.891. The van der Waals surface area contributed by atoms with Crippen LogP contribution in [0.15, 0.2) is 24.3 Å². The van der Waals surface area contributed by atoms with Gasteiger partial charge in [0, 0.05) is 12.8 Å². The van der Waals surface area contributed by atoms with Crippen molar-refractivity contribution in [2.75, 3.05) is 47.5 Å². The second-order valence-corrected chi connectivity index (χ2v) is 15.7. The first-order valence-corrected chi connectivity index (χ1v) is 21.0. The summed E-state index contributed by atoms with van der Waals surface area (Å²) in [6.07, 6.45) is 32.3. The Morgan fingerprint density at radius 1 is 0.633 bits per heavy atom. The molecule has 0 N–H and O–H groups in total. The Morgan fingerprint density at radius 2 is 1.12 bits per heavy atom. The monoisotopic (exact) mass is 716 g/mol. The number of allylic oxidation sites excluding steroid dienone is 4. The van der Waals surface area contributed by atoms with Crippen LogP contribution in [0.3, 0.4) is 0 Å². The van der Waals surface area contributed by atoms with E-state index >= 15 is 0 Å². The van der Waals surface area contributed by atoms with Gasteiger partial charge in [-0.1, -0.05) is 134 Å². The first-order valence-electron chi connectivity index (χ1n) is 19.5. The molecule has 0 aromatic rings. The molecule has 2 atom stereocenters. The van der Waals surface area contributed by atoms with Gasteiger partial charge in [-0.05, 0) is 38.5 Å². The van der Waals surface area contributed by atoms with Crippen LogP contribution in [0.25, 0.3) is 0 Å². The fourth-order valence-electron chi connectivity index (χ4n) is 5.10. The molecule has 0 aliphatic heterocycles. The quantitative estimate of drug-likeness (QED) is 0.0210. The molecule has 0 rings (SSSR count). The zero-order chi connectivity index (χ0) is 36.5. The highest BCUT2D eigenvalue weighted by Crippen LogP contribution is 2.38. The number of likely N-dealkylation sites (N-methyl/N-ethyl adjacent to an activating group) is 1. The Bertz CT molecular complexity index is 902. The second kappa shape index (κ2) is 32.4. The van der Waals surface area contributed by atoms with Gasteiger partial charge >= 0.3 is 11.9 Å². The summed E-state index contributed by atoms with van der Waals surface area (Å²) < 4.78 is 33.6. The third-order valence-electron chi connectivity index (χ3n) is 8.22. The van der Waals surface area contributed by atoms with Crippen LogP contribution in [0.1, 0.15) is 162 Å². The topological polar surface area (TPSA) is 111 Å². The van der Waals surface area contributed by atoms with Gasteiger partial charge < -0.3 is 27.9 Å². The van der Waals surface area contributed by atoms with Crippen molar-refractivity contribution in [1.29, 1.82) is 0 Å². The van der Waals surface area contributed by atoms with Crippen LogP contribution < -0.4 is 4.89 Å². The molecule has 0 radical (unpaired) electrons. The second-order valence-electron chi connectivity index (χ2n) is 14.3. The molecule has 0 aromatic carbocycles. The maximum absolute atomic E-state index is 12.5. The molecule has 0 amide bonds. The molecule has 49 heavy (non-hydrogen) atoms. The molecule has 0 heterocycles. The number of rotatable bonds is 35. The van der Waals surface area contributed by atoms with E-state index < -0.39 is 32.5 Å². The van der Waals surface area contributed by atoms with Gasteiger partial charge in [-0.15, -0.1) is 0 Å². The van der Waals surface area contributed by atoms with Crippen LogP contribution in [0.5, 0.6) is 0 Å². The largest absolute Gasteiger partial charge is 0.756 e. The number of hydrogen-bond acceptors (Lipinski definition) is 8. The van der Waals surface area contributed by atoms with E-state index in [9.17, 15) is 19.0 Å². The van der Waals surface area contributed by atoms with Gasteiger partial charge in [0.1, 0.15) is 19.8 Å². The van der Waals surface area contributed by atoms with Crippen LogP contribution >= 0.6 is 7.82 Å². The number of nitrogens with zero attached hydrogens (tertiary/aromatic N) is 1. The van der Waals surface area contributed by atoms with E-state index in [-0.39, 0.29) is 26.1 Å². The predicted molar refractivity (Wildman–Crippen MR) is 199 cm³/mol. The minimum atomic E-state index is -4.62. The molecule has 0 aromatic heterocycles. The molecule has 0 spiro atoms. The van der Waals surface area contributed by atoms with Gasteiger partial charge in [0.15, 0.2) is 6.10 Å². The Morgan fingerprint density at radius 3 is 1.67 bits per heavy atom. The van der Waals surface area contributed by atoms with Crippen molar-refractivity contribution < 1.29 is 42.1 Å². The van der Waals surface area contributed by atoms with E-state index in [4.69, 9.17) is 18.5 Å². The number of phosphoric ester groups is 1. The van der Waals surface area contributed by atoms with Crippen molar-refractivity contribution in [2.24, 2.45) is 0 Å². The summed E-state index contributed by atoms with van der Waals surface area (Å²) in [5.41, 5.74) is 0. The van der Waals surface area contributed by atoms with Crippen LogP contribution in [0.2, 0.25) is 0 Å². The van der Waals surface area contributed by atoms with Crippen molar-refractivity contribution in [3.63, 3.8) is 0 Å². The number of hydrogen-bond donors (Lipinski definition) is 0. The fourth-order valence-corrected chi connectivity index (χ4v) is 5.83. The van der Waals surface area contributed by atoms with Crippen LogP contribution in [0, 0.1) is 0 Å². The molecule has 0 aliphatic rings. The molecule has 10 heteroatoms. The lowest BCUT2D eigenvalue weighted by atomic mass is 10.1. The summed E-state index contributed by atoms with van der Waals surface area (Å²) in [6.45, 7) is 4.13. The van der Waals surface area contributed by atoms with Crippen LogP contribution in [-0.2, 0) is 32.7 Å². The third kappa shape index (κ3) is 36.1. The fraction of sp³-hybridized carbons (Fsp3) is 0.846. The summed E-state index contributed by atoms with van der Waals surface area (Å²) in [5, 5.41) is 0. The molecule has 9 nitrogen and oxygen atoms in total. The van der Waals surface area contributed by atoms with Crippen LogP contribution in [0.4, 0.5) is 0 Å². The highest BCUT2D eigenvalue weighted by molar-refractivity contribution is 7.45. The van der Waals surface area contributed by atoms with Gasteiger partial charge in [0.25, 0.3) is 7.82 Å². The Balaban J connectivity index is 4.40. The van der Waals surface area contributed by atoms with Gasteiger partial charge in [-0.3, -0.25) is 14.2 Å². The number of carbonyl (C=O) groups is 2. The predicted octanol–water partition coefficient (Wildman–Crippen LogP) is 9.77. The minimum absolute atomic E-state index is 0.0355. The van der Waals surface area contributed by atoms with E-state index in [1.54, 1.807) is 0 Å². The summed E-state index contributed by atoms with van der Waals surface area (Å²) in [4.78, 5) is 37.2. The number of esters is 2. The normalized spacial score (nSPS) is 14.0. The third-order valence-corrected chi connectivity index (χ3v) is 9.19. The van der Waals surface area contributed by atoms with Crippen molar-refractivity contribution in [3.8, 4) is 0 Å². The zero-order valence-electron chi connectivity index (χ0n) is 32.1. The van der Waals surface area contributed by atoms with Crippen molar-refractivity contribution in [1.82, 2.24) is 0 Å². The SMILES string of the molecule is CCCCCCCCCCC/C=C/C/C=C/CCCC(=O)OC[C@@H](COP(=O)([O-])OCC[N+](C)(C)C)OC(=O)CCCCCCCCCC. The Kier molecular flexibility index (Phi) is 31.4. The molecule has 288 valence electrons.